The predicted octanol–water partition coefficient (Wildman–Crippen LogP) is 3.03. The molecule has 1 aromatic carbocycles. The number of benzene rings is 1. The molecule has 0 unspecified atom stereocenters. The Kier molecular flexibility index (Phi) is 5.75. The van der Waals surface area contributed by atoms with Crippen molar-refractivity contribution < 1.29 is 4.79 Å². The van der Waals surface area contributed by atoms with Crippen LogP contribution in [0.4, 0.5) is 0 Å². The minimum atomic E-state index is -0.401. The van der Waals surface area contributed by atoms with Gasteiger partial charge in [0.15, 0.2) is 0 Å². The second-order valence-corrected chi connectivity index (χ2v) is 5.33. The molecule has 0 atom stereocenters. The fourth-order valence-electron chi connectivity index (χ4n) is 1.78. The van der Waals surface area contributed by atoms with Crippen molar-refractivity contribution in [3.63, 3.8) is 0 Å². The van der Waals surface area contributed by atoms with E-state index in [0.29, 0.717) is 6.54 Å². The van der Waals surface area contributed by atoms with Gasteiger partial charge in [0.2, 0.25) is 0 Å². The molecule has 0 aliphatic rings. The van der Waals surface area contributed by atoms with Gasteiger partial charge in [-0.15, -0.1) is 11.8 Å². The standard InChI is InChI=1S/C17H15N3OS/c1-22-16-7-5-13(6-8-16)10-14(11-18)17(21)20-12-15-4-2-3-9-19-15/h2-10H,12H2,1H3,(H,20,21). The molecule has 0 fully saturated rings. The summed E-state index contributed by atoms with van der Waals surface area (Å²) in [7, 11) is 0. The Morgan fingerprint density at radius 1 is 1.32 bits per heavy atom. The Hall–Kier alpha value is -2.58. The molecule has 1 heterocycles. The number of pyridine rings is 1. The van der Waals surface area contributed by atoms with Crippen molar-refractivity contribution in [2.24, 2.45) is 0 Å². The molecule has 4 nitrogen and oxygen atoms in total. The van der Waals surface area contributed by atoms with Crippen molar-refractivity contribution in [1.82, 2.24) is 10.3 Å². The number of rotatable bonds is 5. The maximum Gasteiger partial charge on any atom is 0.262 e. The number of nitriles is 1. The van der Waals surface area contributed by atoms with Crippen LogP contribution in [0, 0.1) is 11.3 Å². The number of aromatic nitrogens is 1. The summed E-state index contributed by atoms with van der Waals surface area (Å²) in [5.74, 6) is -0.401. The number of thioether (sulfide) groups is 1. The van der Waals surface area contributed by atoms with E-state index in [1.165, 1.54) is 0 Å². The first-order chi connectivity index (χ1) is 10.7. The Morgan fingerprint density at radius 2 is 2.09 bits per heavy atom. The van der Waals surface area contributed by atoms with Gasteiger partial charge in [0.05, 0.1) is 12.2 Å². The molecule has 1 amide bonds. The molecule has 1 N–H and O–H groups in total. The van der Waals surface area contributed by atoms with Crippen LogP contribution >= 0.6 is 11.8 Å². The lowest BCUT2D eigenvalue weighted by Gasteiger charge is -2.04. The molecule has 22 heavy (non-hydrogen) atoms. The SMILES string of the molecule is CSc1ccc(C=C(C#N)C(=O)NCc2ccccn2)cc1. The number of nitrogens with one attached hydrogen (secondary N) is 1. The quantitative estimate of drug-likeness (QED) is 0.524. The molecule has 0 spiro atoms. The highest BCUT2D eigenvalue weighted by atomic mass is 32.2. The van der Waals surface area contributed by atoms with Crippen molar-refractivity contribution in [1.29, 1.82) is 5.26 Å². The Bertz CT molecular complexity index is 703. The van der Waals surface area contributed by atoms with Gasteiger partial charge in [0.25, 0.3) is 5.91 Å². The van der Waals surface area contributed by atoms with Gasteiger partial charge in [-0.25, -0.2) is 0 Å². The van der Waals surface area contributed by atoms with Crippen molar-refractivity contribution in [2.75, 3.05) is 6.26 Å². The van der Waals surface area contributed by atoms with Crippen LogP contribution in [0.1, 0.15) is 11.3 Å². The summed E-state index contributed by atoms with van der Waals surface area (Å²) in [6, 6.07) is 15.1. The Balaban J connectivity index is 2.04. The van der Waals surface area contributed by atoms with Gasteiger partial charge in [-0.2, -0.15) is 5.26 Å². The van der Waals surface area contributed by atoms with Crippen LogP contribution in [0.15, 0.2) is 59.1 Å². The van der Waals surface area contributed by atoms with Crippen molar-refractivity contribution in [3.8, 4) is 6.07 Å². The average Bonchev–Trinajstić information content (AvgIpc) is 2.59. The van der Waals surface area contributed by atoms with E-state index in [9.17, 15) is 4.79 Å². The minimum Gasteiger partial charge on any atom is -0.346 e. The summed E-state index contributed by atoms with van der Waals surface area (Å²) < 4.78 is 0. The normalized spacial score (nSPS) is 10.8. The first-order valence-electron chi connectivity index (χ1n) is 6.67. The first kappa shape index (κ1) is 15.8. The van der Waals surface area contributed by atoms with E-state index in [1.54, 1.807) is 24.0 Å². The molecular weight excluding hydrogens is 294 g/mol. The molecule has 1 aromatic heterocycles. The van der Waals surface area contributed by atoms with Gasteiger partial charge >= 0.3 is 0 Å². The first-order valence-corrected chi connectivity index (χ1v) is 7.89. The summed E-state index contributed by atoms with van der Waals surface area (Å²) in [5.41, 5.74) is 1.65. The molecular formula is C17H15N3OS. The van der Waals surface area contributed by atoms with Gasteiger partial charge < -0.3 is 5.32 Å². The van der Waals surface area contributed by atoms with E-state index < -0.39 is 5.91 Å². The topological polar surface area (TPSA) is 65.8 Å². The summed E-state index contributed by atoms with van der Waals surface area (Å²) in [6.45, 7) is 0.296. The zero-order valence-electron chi connectivity index (χ0n) is 12.1. The van der Waals surface area contributed by atoms with Gasteiger partial charge in [-0.05, 0) is 42.2 Å². The number of amides is 1. The molecule has 0 saturated heterocycles. The third kappa shape index (κ3) is 4.47. The highest BCUT2D eigenvalue weighted by Gasteiger charge is 2.08. The molecule has 0 aliphatic heterocycles. The third-order valence-corrected chi connectivity index (χ3v) is 3.69. The van der Waals surface area contributed by atoms with Gasteiger partial charge in [0.1, 0.15) is 11.6 Å². The smallest absolute Gasteiger partial charge is 0.262 e. The maximum atomic E-state index is 12.0. The van der Waals surface area contributed by atoms with E-state index >= 15 is 0 Å². The van der Waals surface area contributed by atoms with Gasteiger partial charge in [-0.1, -0.05) is 18.2 Å². The van der Waals surface area contributed by atoms with Crippen LogP contribution in [-0.2, 0) is 11.3 Å². The molecule has 5 heteroatoms. The van der Waals surface area contributed by atoms with Gasteiger partial charge in [0, 0.05) is 11.1 Å². The van der Waals surface area contributed by atoms with Crippen LogP contribution < -0.4 is 5.32 Å². The zero-order chi connectivity index (χ0) is 15.8. The number of hydrogen-bond acceptors (Lipinski definition) is 4. The highest BCUT2D eigenvalue weighted by Crippen LogP contribution is 2.16. The predicted molar refractivity (Wildman–Crippen MR) is 87.9 cm³/mol. The van der Waals surface area contributed by atoms with Crippen LogP contribution in [-0.4, -0.2) is 17.1 Å². The third-order valence-electron chi connectivity index (χ3n) is 2.95. The summed E-state index contributed by atoms with van der Waals surface area (Å²) in [4.78, 5) is 17.3. The van der Waals surface area contributed by atoms with E-state index in [2.05, 4.69) is 10.3 Å². The average molecular weight is 309 g/mol. The second kappa shape index (κ2) is 8.01. The van der Waals surface area contributed by atoms with Crippen LogP contribution in [0.3, 0.4) is 0 Å². The number of nitrogens with zero attached hydrogens (tertiary/aromatic N) is 2. The molecule has 0 saturated carbocycles. The number of hydrogen-bond donors (Lipinski definition) is 1. The van der Waals surface area contributed by atoms with Crippen LogP contribution in [0.2, 0.25) is 0 Å². The second-order valence-electron chi connectivity index (χ2n) is 4.45. The highest BCUT2D eigenvalue weighted by molar-refractivity contribution is 7.98. The van der Waals surface area contributed by atoms with Crippen LogP contribution in [0.25, 0.3) is 6.08 Å². The Morgan fingerprint density at radius 3 is 2.68 bits per heavy atom. The van der Waals surface area contributed by atoms with E-state index in [-0.39, 0.29) is 5.57 Å². The van der Waals surface area contributed by atoms with E-state index in [1.807, 2.05) is 54.8 Å². The lowest BCUT2D eigenvalue weighted by Crippen LogP contribution is -2.24. The number of carbonyl (C=O) groups excluding carboxylic acids is 1. The summed E-state index contributed by atoms with van der Waals surface area (Å²) in [6.07, 6.45) is 5.24. The minimum absolute atomic E-state index is 0.0767. The molecule has 110 valence electrons. The fourth-order valence-corrected chi connectivity index (χ4v) is 2.19. The van der Waals surface area contributed by atoms with Crippen molar-refractivity contribution >= 4 is 23.7 Å². The summed E-state index contributed by atoms with van der Waals surface area (Å²) >= 11 is 1.64. The monoisotopic (exact) mass is 309 g/mol. The van der Waals surface area contributed by atoms with Gasteiger partial charge in [-0.3, -0.25) is 9.78 Å². The van der Waals surface area contributed by atoms with Crippen molar-refractivity contribution in [3.05, 3.63) is 65.5 Å². The lowest BCUT2D eigenvalue weighted by molar-refractivity contribution is -0.117. The molecule has 2 rings (SSSR count). The largest absolute Gasteiger partial charge is 0.346 e. The fraction of sp³-hybridized carbons (Fsp3) is 0.118. The maximum absolute atomic E-state index is 12.0. The van der Waals surface area contributed by atoms with Crippen LogP contribution in [0.5, 0.6) is 0 Å². The molecule has 2 aromatic rings. The summed E-state index contributed by atoms with van der Waals surface area (Å²) in [5, 5.41) is 11.9. The zero-order valence-corrected chi connectivity index (χ0v) is 12.9. The van der Waals surface area contributed by atoms with E-state index in [0.717, 1.165) is 16.2 Å². The molecule has 0 radical (unpaired) electrons. The Labute approximate surface area is 133 Å². The number of carbonyl (C=O) groups is 1. The van der Waals surface area contributed by atoms with E-state index in [4.69, 9.17) is 5.26 Å². The molecule has 0 bridgehead atoms. The molecule has 0 aliphatic carbocycles. The lowest BCUT2D eigenvalue weighted by atomic mass is 10.1. The van der Waals surface area contributed by atoms with Crippen molar-refractivity contribution in [2.45, 2.75) is 11.4 Å².